The molecule has 1 aromatic heterocycles. The standard InChI is InChI=1S/C26H30F3N5O2/c1-32-8-10-33(11-9-32)19-7-4-17-15-34(31-22(17)12-19)18-5-2-16(3-6-18)14-30-26(36)20-13-21(27)25(35)24(29)23(20)28/h4,7,12-13,15-16,18,35H,2-3,5-6,8-11,14H2,1H3,(H,30,36). The number of phenolic OH excluding ortho intramolecular Hbond substituents is 1. The smallest absolute Gasteiger partial charge is 0.254 e. The zero-order valence-corrected chi connectivity index (χ0v) is 20.2. The lowest BCUT2D eigenvalue weighted by Gasteiger charge is -2.34. The number of hydrogen-bond acceptors (Lipinski definition) is 5. The molecule has 1 aliphatic heterocycles. The molecule has 1 aliphatic carbocycles. The Morgan fingerprint density at radius 2 is 1.78 bits per heavy atom. The second-order valence-electron chi connectivity index (χ2n) is 9.91. The quantitative estimate of drug-likeness (QED) is 0.516. The number of piperazine rings is 1. The van der Waals surface area contributed by atoms with Crippen molar-refractivity contribution in [1.29, 1.82) is 0 Å². The number of amides is 1. The van der Waals surface area contributed by atoms with Crippen LogP contribution in [-0.2, 0) is 0 Å². The fraction of sp³-hybridized carbons (Fsp3) is 0.462. The molecule has 2 aromatic carbocycles. The first-order chi connectivity index (χ1) is 17.3. The Hall–Kier alpha value is -3.27. The van der Waals surface area contributed by atoms with Gasteiger partial charge in [-0.1, -0.05) is 0 Å². The van der Waals surface area contributed by atoms with Crippen molar-refractivity contribution in [1.82, 2.24) is 20.0 Å². The van der Waals surface area contributed by atoms with Crippen molar-refractivity contribution in [3.63, 3.8) is 0 Å². The van der Waals surface area contributed by atoms with Gasteiger partial charge in [-0.05, 0) is 62.9 Å². The number of carbonyl (C=O) groups is 1. The lowest BCUT2D eigenvalue weighted by atomic mass is 9.86. The highest BCUT2D eigenvalue weighted by atomic mass is 19.2. The molecule has 7 nitrogen and oxygen atoms in total. The van der Waals surface area contributed by atoms with E-state index in [9.17, 15) is 18.0 Å². The second kappa shape index (κ2) is 10.0. The second-order valence-corrected chi connectivity index (χ2v) is 9.91. The summed E-state index contributed by atoms with van der Waals surface area (Å²) in [6.07, 6.45) is 5.54. The molecule has 0 unspecified atom stereocenters. The summed E-state index contributed by atoms with van der Waals surface area (Å²) in [5.74, 6) is -6.85. The number of phenols is 1. The average Bonchev–Trinajstić information content (AvgIpc) is 3.32. The SMILES string of the molecule is CN1CCN(c2ccc3cn(C4CCC(CNC(=O)c5cc(F)c(O)c(F)c5F)CC4)nc3c2)CC1. The highest BCUT2D eigenvalue weighted by Gasteiger charge is 2.26. The van der Waals surface area contributed by atoms with Gasteiger partial charge >= 0.3 is 0 Å². The molecule has 2 N–H and O–H groups in total. The molecule has 2 aliphatic rings. The zero-order chi connectivity index (χ0) is 25.4. The van der Waals surface area contributed by atoms with Crippen molar-refractivity contribution in [3.8, 4) is 5.75 Å². The molecule has 36 heavy (non-hydrogen) atoms. The number of anilines is 1. The van der Waals surface area contributed by atoms with Gasteiger partial charge in [0.2, 0.25) is 5.82 Å². The molecule has 3 aromatic rings. The number of aromatic hydroxyl groups is 1. The van der Waals surface area contributed by atoms with Crippen LogP contribution in [0.3, 0.4) is 0 Å². The Morgan fingerprint density at radius 3 is 2.50 bits per heavy atom. The lowest BCUT2D eigenvalue weighted by molar-refractivity contribution is 0.0935. The molecule has 10 heteroatoms. The van der Waals surface area contributed by atoms with Crippen molar-refractivity contribution in [2.45, 2.75) is 31.7 Å². The minimum absolute atomic E-state index is 0.175. The van der Waals surface area contributed by atoms with Gasteiger partial charge in [-0.25, -0.2) is 8.78 Å². The molecule has 1 amide bonds. The van der Waals surface area contributed by atoms with Gasteiger partial charge in [0, 0.05) is 50.0 Å². The first kappa shape index (κ1) is 24.4. The van der Waals surface area contributed by atoms with Crippen LogP contribution in [0.2, 0.25) is 0 Å². The fourth-order valence-corrected chi connectivity index (χ4v) is 5.17. The minimum atomic E-state index is -1.76. The lowest BCUT2D eigenvalue weighted by Crippen LogP contribution is -2.44. The predicted octanol–water partition coefficient (Wildman–Crippen LogP) is 4.07. The van der Waals surface area contributed by atoms with Crippen LogP contribution in [0, 0.1) is 23.4 Å². The van der Waals surface area contributed by atoms with E-state index in [-0.39, 0.29) is 18.5 Å². The van der Waals surface area contributed by atoms with E-state index in [1.54, 1.807) is 0 Å². The van der Waals surface area contributed by atoms with Crippen molar-refractivity contribution in [2.75, 3.05) is 44.7 Å². The van der Waals surface area contributed by atoms with Crippen molar-refractivity contribution in [2.24, 2.45) is 5.92 Å². The highest BCUT2D eigenvalue weighted by Crippen LogP contribution is 2.33. The summed E-state index contributed by atoms with van der Waals surface area (Å²) in [6.45, 7) is 4.39. The van der Waals surface area contributed by atoms with Gasteiger partial charge in [-0.3, -0.25) is 9.48 Å². The van der Waals surface area contributed by atoms with Crippen LogP contribution in [0.1, 0.15) is 42.1 Å². The van der Waals surface area contributed by atoms with Crippen molar-refractivity contribution < 1.29 is 23.1 Å². The van der Waals surface area contributed by atoms with Crippen LogP contribution in [0.5, 0.6) is 5.75 Å². The average molecular weight is 502 g/mol. The van der Waals surface area contributed by atoms with Gasteiger partial charge in [0.15, 0.2) is 17.4 Å². The van der Waals surface area contributed by atoms with Gasteiger partial charge in [0.25, 0.3) is 5.91 Å². The van der Waals surface area contributed by atoms with Crippen LogP contribution in [0.25, 0.3) is 10.9 Å². The number of rotatable bonds is 5. The van der Waals surface area contributed by atoms with Gasteiger partial charge in [0.05, 0.1) is 17.1 Å². The first-order valence-corrected chi connectivity index (χ1v) is 12.4. The van der Waals surface area contributed by atoms with E-state index in [2.05, 4.69) is 46.6 Å². The van der Waals surface area contributed by atoms with Crippen LogP contribution in [-0.4, -0.2) is 65.5 Å². The van der Waals surface area contributed by atoms with E-state index in [0.29, 0.717) is 6.07 Å². The topological polar surface area (TPSA) is 73.6 Å². The van der Waals surface area contributed by atoms with Gasteiger partial charge in [-0.15, -0.1) is 0 Å². The molecule has 0 radical (unpaired) electrons. The number of likely N-dealkylation sites (N-methyl/N-ethyl adjacent to an activating group) is 1. The first-order valence-electron chi connectivity index (χ1n) is 12.4. The molecule has 2 fully saturated rings. The molecule has 1 saturated heterocycles. The summed E-state index contributed by atoms with van der Waals surface area (Å²) < 4.78 is 43.1. The Bertz CT molecular complexity index is 1260. The molecular formula is C26H30F3N5O2. The fourth-order valence-electron chi connectivity index (χ4n) is 5.17. The molecular weight excluding hydrogens is 471 g/mol. The number of carbonyl (C=O) groups excluding carboxylic acids is 1. The number of benzene rings is 2. The summed E-state index contributed by atoms with van der Waals surface area (Å²) in [7, 11) is 2.14. The normalized spacial score (nSPS) is 21.2. The van der Waals surface area contributed by atoms with Crippen LogP contribution >= 0.6 is 0 Å². The third-order valence-corrected chi connectivity index (χ3v) is 7.50. The number of fused-ring (bicyclic) bond motifs is 1. The van der Waals surface area contributed by atoms with Crippen LogP contribution in [0.15, 0.2) is 30.5 Å². The largest absolute Gasteiger partial charge is 0.503 e. The summed E-state index contributed by atoms with van der Waals surface area (Å²) in [5, 5.41) is 17.7. The van der Waals surface area contributed by atoms with Gasteiger partial charge < -0.3 is 20.2 Å². The molecule has 0 spiro atoms. The maximum Gasteiger partial charge on any atom is 0.254 e. The molecule has 192 valence electrons. The van der Waals surface area contributed by atoms with E-state index < -0.39 is 34.7 Å². The maximum absolute atomic E-state index is 14.0. The number of nitrogens with zero attached hydrogens (tertiary/aromatic N) is 4. The summed E-state index contributed by atoms with van der Waals surface area (Å²) in [4.78, 5) is 17.0. The number of hydrogen-bond donors (Lipinski definition) is 2. The van der Waals surface area contributed by atoms with E-state index >= 15 is 0 Å². The summed E-state index contributed by atoms with van der Waals surface area (Å²) in [5.41, 5.74) is 1.43. The molecule has 0 atom stereocenters. The zero-order valence-electron chi connectivity index (χ0n) is 20.2. The Kier molecular flexibility index (Phi) is 6.79. The third-order valence-electron chi connectivity index (χ3n) is 7.50. The molecule has 1 saturated carbocycles. The molecule has 5 rings (SSSR count). The molecule has 2 heterocycles. The van der Waals surface area contributed by atoms with E-state index in [0.717, 1.165) is 62.8 Å². The van der Waals surface area contributed by atoms with E-state index in [1.807, 2.05) is 4.68 Å². The Labute approximate surface area is 207 Å². The van der Waals surface area contributed by atoms with E-state index in [1.165, 1.54) is 5.69 Å². The Balaban J connectivity index is 1.17. The number of nitrogens with one attached hydrogen (secondary N) is 1. The maximum atomic E-state index is 14.0. The van der Waals surface area contributed by atoms with Crippen LogP contribution in [0.4, 0.5) is 18.9 Å². The number of halogens is 3. The van der Waals surface area contributed by atoms with Crippen LogP contribution < -0.4 is 10.2 Å². The van der Waals surface area contributed by atoms with Gasteiger partial charge in [0.1, 0.15) is 0 Å². The van der Waals surface area contributed by atoms with Crippen molar-refractivity contribution in [3.05, 3.63) is 53.5 Å². The predicted molar refractivity (Wildman–Crippen MR) is 131 cm³/mol. The Morgan fingerprint density at radius 1 is 1.06 bits per heavy atom. The highest BCUT2D eigenvalue weighted by molar-refractivity contribution is 5.94. The monoisotopic (exact) mass is 501 g/mol. The summed E-state index contributed by atoms with van der Waals surface area (Å²) >= 11 is 0. The van der Waals surface area contributed by atoms with Gasteiger partial charge in [-0.2, -0.15) is 9.49 Å². The summed E-state index contributed by atoms with van der Waals surface area (Å²) in [6, 6.07) is 7.22. The minimum Gasteiger partial charge on any atom is -0.503 e. The molecule has 0 bridgehead atoms. The third kappa shape index (κ3) is 4.86. The van der Waals surface area contributed by atoms with E-state index in [4.69, 9.17) is 10.2 Å². The van der Waals surface area contributed by atoms with Crippen molar-refractivity contribution >= 4 is 22.5 Å². The number of aromatic nitrogens is 2.